The average Bonchev–Trinajstić information content (AvgIpc) is 2.83. The highest BCUT2D eigenvalue weighted by atomic mass is 14.9. The summed E-state index contributed by atoms with van der Waals surface area (Å²) in [5.74, 6) is 0.861. The van der Waals surface area contributed by atoms with Crippen molar-refractivity contribution in [1.82, 2.24) is 9.97 Å². The number of hydrogen-bond donors (Lipinski definition) is 1. The lowest BCUT2D eigenvalue weighted by atomic mass is 10.1. The van der Waals surface area contributed by atoms with E-state index < -0.39 is 0 Å². The van der Waals surface area contributed by atoms with Gasteiger partial charge in [0.1, 0.15) is 5.82 Å². The van der Waals surface area contributed by atoms with E-state index in [0.717, 1.165) is 28.0 Å². The molecule has 86 valence electrons. The zero-order valence-corrected chi connectivity index (χ0v) is 9.72. The number of nitrogens with zero attached hydrogens (tertiary/aromatic N) is 2. The SMILES string of the molecule is N#CCc1ccc2nc(-c3ccccc3)[nH]c2c1. The quantitative estimate of drug-likeness (QED) is 0.738. The Labute approximate surface area is 105 Å². The normalized spacial score (nSPS) is 10.4. The van der Waals surface area contributed by atoms with Gasteiger partial charge < -0.3 is 4.98 Å². The Balaban J connectivity index is 2.09. The Morgan fingerprint density at radius 3 is 2.72 bits per heavy atom. The van der Waals surface area contributed by atoms with Crippen LogP contribution >= 0.6 is 0 Å². The second-order valence-electron chi connectivity index (χ2n) is 4.14. The largest absolute Gasteiger partial charge is 0.338 e. The lowest BCUT2D eigenvalue weighted by Crippen LogP contribution is -1.80. The maximum atomic E-state index is 8.70. The fourth-order valence-electron chi connectivity index (χ4n) is 1.99. The number of aromatic nitrogens is 2. The summed E-state index contributed by atoms with van der Waals surface area (Å²) in [5, 5.41) is 8.70. The number of benzene rings is 2. The maximum absolute atomic E-state index is 8.70. The molecule has 3 rings (SSSR count). The fourth-order valence-corrected chi connectivity index (χ4v) is 1.99. The Hall–Kier alpha value is -2.60. The van der Waals surface area contributed by atoms with Gasteiger partial charge in [-0.1, -0.05) is 36.4 Å². The van der Waals surface area contributed by atoms with Crippen molar-refractivity contribution < 1.29 is 0 Å². The van der Waals surface area contributed by atoms with Crippen LogP contribution in [0.4, 0.5) is 0 Å². The summed E-state index contributed by atoms with van der Waals surface area (Å²) in [6, 6.07) is 18.0. The zero-order chi connectivity index (χ0) is 12.4. The van der Waals surface area contributed by atoms with Crippen LogP contribution in [0.2, 0.25) is 0 Å². The van der Waals surface area contributed by atoms with Crippen molar-refractivity contribution in [3.8, 4) is 17.5 Å². The molecule has 1 N–H and O–H groups in total. The Kier molecular flexibility index (Phi) is 2.54. The van der Waals surface area contributed by atoms with Crippen LogP contribution in [-0.4, -0.2) is 9.97 Å². The first-order valence-electron chi connectivity index (χ1n) is 5.78. The zero-order valence-electron chi connectivity index (χ0n) is 9.72. The second-order valence-corrected chi connectivity index (χ2v) is 4.14. The molecule has 3 heteroatoms. The molecule has 0 fully saturated rings. The van der Waals surface area contributed by atoms with Crippen molar-refractivity contribution in [2.75, 3.05) is 0 Å². The lowest BCUT2D eigenvalue weighted by molar-refractivity contribution is 1.27. The molecule has 2 aromatic carbocycles. The minimum absolute atomic E-state index is 0.426. The Morgan fingerprint density at radius 1 is 1.11 bits per heavy atom. The molecule has 0 unspecified atom stereocenters. The van der Waals surface area contributed by atoms with E-state index in [1.807, 2.05) is 48.5 Å². The molecule has 0 aliphatic rings. The number of fused-ring (bicyclic) bond motifs is 1. The number of nitriles is 1. The van der Waals surface area contributed by atoms with Crippen molar-refractivity contribution in [2.24, 2.45) is 0 Å². The van der Waals surface area contributed by atoms with Gasteiger partial charge >= 0.3 is 0 Å². The minimum Gasteiger partial charge on any atom is -0.338 e. The highest BCUT2D eigenvalue weighted by Gasteiger charge is 2.05. The summed E-state index contributed by atoms with van der Waals surface area (Å²) in [4.78, 5) is 7.84. The predicted molar refractivity (Wildman–Crippen MR) is 70.8 cm³/mol. The summed E-state index contributed by atoms with van der Waals surface area (Å²) in [6.45, 7) is 0. The molecule has 0 saturated heterocycles. The van der Waals surface area contributed by atoms with Crippen LogP contribution in [0, 0.1) is 11.3 Å². The predicted octanol–water partition coefficient (Wildman–Crippen LogP) is 3.30. The van der Waals surface area contributed by atoms with E-state index in [4.69, 9.17) is 5.26 Å². The molecule has 1 heterocycles. The van der Waals surface area contributed by atoms with Gasteiger partial charge in [-0.05, 0) is 17.7 Å². The monoisotopic (exact) mass is 233 g/mol. The van der Waals surface area contributed by atoms with Gasteiger partial charge in [-0.15, -0.1) is 0 Å². The van der Waals surface area contributed by atoms with Crippen molar-refractivity contribution in [3.05, 3.63) is 54.1 Å². The van der Waals surface area contributed by atoms with Crippen LogP contribution in [0.25, 0.3) is 22.4 Å². The average molecular weight is 233 g/mol. The van der Waals surface area contributed by atoms with Crippen LogP contribution in [0.5, 0.6) is 0 Å². The molecule has 0 radical (unpaired) electrons. The first kappa shape index (κ1) is 10.5. The summed E-state index contributed by atoms with van der Waals surface area (Å²) >= 11 is 0. The standard InChI is InChI=1S/C15H11N3/c16-9-8-11-6-7-13-14(10-11)18-15(17-13)12-4-2-1-3-5-12/h1-7,10H,8H2,(H,17,18). The third-order valence-electron chi connectivity index (χ3n) is 2.88. The molecule has 0 spiro atoms. The van der Waals surface area contributed by atoms with E-state index in [9.17, 15) is 0 Å². The first-order valence-corrected chi connectivity index (χ1v) is 5.78. The van der Waals surface area contributed by atoms with Gasteiger partial charge in [0.15, 0.2) is 0 Å². The van der Waals surface area contributed by atoms with E-state index in [-0.39, 0.29) is 0 Å². The van der Waals surface area contributed by atoms with Gasteiger partial charge in [0.25, 0.3) is 0 Å². The van der Waals surface area contributed by atoms with Crippen molar-refractivity contribution in [2.45, 2.75) is 6.42 Å². The van der Waals surface area contributed by atoms with E-state index in [0.29, 0.717) is 6.42 Å². The van der Waals surface area contributed by atoms with Gasteiger partial charge in [-0.2, -0.15) is 5.26 Å². The number of nitrogens with one attached hydrogen (secondary N) is 1. The summed E-state index contributed by atoms with van der Waals surface area (Å²) in [6.07, 6.45) is 0.426. The molecular formula is C15H11N3. The fraction of sp³-hybridized carbons (Fsp3) is 0.0667. The summed E-state index contributed by atoms with van der Waals surface area (Å²) in [7, 11) is 0. The molecule has 0 bridgehead atoms. The number of rotatable bonds is 2. The molecule has 3 aromatic rings. The lowest BCUT2D eigenvalue weighted by Gasteiger charge is -1.93. The van der Waals surface area contributed by atoms with Crippen molar-refractivity contribution in [3.63, 3.8) is 0 Å². The van der Waals surface area contributed by atoms with Gasteiger partial charge in [0.2, 0.25) is 0 Å². The Bertz CT molecular complexity index is 720. The summed E-state index contributed by atoms with van der Waals surface area (Å²) in [5.41, 5.74) is 3.97. The molecule has 0 aliphatic heterocycles. The van der Waals surface area contributed by atoms with Crippen LogP contribution in [0.3, 0.4) is 0 Å². The number of imidazole rings is 1. The molecular weight excluding hydrogens is 222 g/mol. The third-order valence-corrected chi connectivity index (χ3v) is 2.88. The molecule has 1 aromatic heterocycles. The van der Waals surface area contributed by atoms with Crippen LogP contribution in [0.15, 0.2) is 48.5 Å². The molecule has 3 nitrogen and oxygen atoms in total. The highest BCUT2D eigenvalue weighted by molar-refractivity contribution is 5.80. The van der Waals surface area contributed by atoms with Crippen LogP contribution < -0.4 is 0 Å². The van der Waals surface area contributed by atoms with Gasteiger partial charge in [-0.3, -0.25) is 0 Å². The van der Waals surface area contributed by atoms with E-state index in [1.54, 1.807) is 0 Å². The third kappa shape index (κ3) is 1.85. The van der Waals surface area contributed by atoms with Crippen LogP contribution in [-0.2, 0) is 6.42 Å². The van der Waals surface area contributed by atoms with Crippen molar-refractivity contribution >= 4 is 11.0 Å². The smallest absolute Gasteiger partial charge is 0.138 e. The van der Waals surface area contributed by atoms with Crippen molar-refractivity contribution in [1.29, 1.82) is 5.26 Å². The summed E-state index contributed by atoms with van der Waals surface area (Å²) < 4.78 is 0. The maximum Gasteiger partial charge on any atom is 0.138 e. The molecule has 0 atom stereocenters. The molecule has 0 amide bonds. The Morgan fingerprint density at radius 2 is 1.94 bits per heavy atom. The highest BCUT2D eigenvalue weighted by Crippen LogP contribution is 2.21. The van der Waals surface area contributed by atoms with Gasteiger partial charge in [-0.25, -0.2) is 4.98 Å². The molecule has 0 aliphatic carbocycles. The van der Waals surface area contributed by atoms with E-state index in [1.165, 1.54) is 0 Å². The minimum atomic E-state index is 0.426. The van der Waals surface area contributed by atoms with Gasteiger partial charge in [0.05, 0.1) is 23.5 Å². The topological polar surface area (TPSA) is 52.5 Å². The first-order chi connectivity index (χ1) is 8.86. The van der Waals surface area contributed by atoms with E-state index >= 15 is 0 Å². The second kappa shape index (κ2) is 4.34. The number of hydrogen-bond acceptors (Lipinski definition) is 2. The number of H-pyrrole nitrogens is 1. The molecule has 0 saturated carbocycles. The van der Waals surface area contributed by atoms with E-state index in [2.05, 4.69) is 16.0 Å². The van der Waals surface area contributed by atoms with Crippen LogP contribution in [0.1, 0.15) is 5.56 Å². The number of aromatic amines is 1. The molecule has 18 heavy (non-hydrogen) atoms. The van der Waals surface area contributed by atoms with Gasteiger partial charge in [0, 0.05) is 5.56 Å².